The van der Waals surface area contributed by atoms with E-state index in [0.29, 0.717) is 30.5 Å². The van der Waals surface area contributed by atoms with E-state index in [9.17, 15) is 13.6 Å². The standard InChI is InChI=1S/C24H31F2N7O2/c1-14-4-6-17(7-5-14)33-13-19(21(30-33)22(25)26)28-24(34)18-10-27-32-9-8-20(29-23(18)32)31-11-15(2)35-16(3)12-31/h8-10,13-17,22H,4-7,11-12H2,1-3H3,(H,28,34)/t14?,15-,16+,17?. The number of carbonyl (C=O) groups is 1. The summed E-state index contributed by atoms with van der Waals surface area (Å²) in [5, 5.41) is 11.0. The fourth-order valence-electron chi connectivity index (χ4n) is 5.11. The predicted octanol–water partition coefficient (Wildman–Crippen LogP) is 4.48. The first-order chi connectivity index (χ1) is 16.8. The first-order valence-corrected chi connectivity index (χ1v) is 12.2. The fourth-order valence-corrected chi connectivity index (χ4v) is 5.11. The third-order valence-electron chi connectivity index (χ3n) is 6.92. The maximum Gasteiger partial charge on any atom is 0.284 e. The van der Waals surface area contributed by atoms with E-state index in [4.69, 9.17) is 4.74 Å². The minimum Gasteiger partial charge on any atom is -0.372 e. The summed E-state index contributed by atoms with van der Waals surface area (Å²) in [5.74, 6) is 0.793. The van der Waals surface area contributed by atoms with E-state index < -0.39 is 18.0 Å². The topological polar surface area (TPSA) is 89.6 Å². The number of hydrogen-bond donors (Lipinski definition) is 1. The van der Waals surface area contributed by atoms with Crippen LogP contribution in [0.1, 0.15) is 75.0 Å². The van der Waals surface area contributed by atoms with Crippen LogP contribution in [-0.4, -0.2) is 55.6 Å². The van der Waals surface area contributed by atoms with Gasteiger partial charge in [-0.1, -0.05) is 6.92 Å². The minimum absolute atomic E-state index is 0.0231. The highest BCUT2D eigenvalue weighted by Crippen LogP contribution is 2.34. The molecule has 4 heterocycles. The lowest BCUT2D eigenvalue weighted by molar-refractivity contribution is -0.00545. The number of rotatable bonds is 5. The number of carbonyl (C=O) groups excluding carboxylic acids is 1. The molecule has 0 bridgehead atoms. The molecule has 0 radical (unpaired) electrons. The molecule has 0 unspecified atom stereocenters. The van der Waals surface area contributed by atoms with Crippen LogP contribution in [0, 0.1) is 5.92 Å². The van der Waals surface area contributed by atoms with Crippen LogP contribution in [0.5, 0.6) is 0 Å². The molecule has 35 heavy (non-hydrogen) atoms. The summed E-state index contributed by atoms with van der Waals surface area (Å²) in [6, 6.07) is 1.91. The summed E-state index contributed by atoms with van der Waals surface area (Å²) in [4.78, 5) is 19.9. The zero-order chi connectivity index (χ0) is 24.7. The summed E-state index contributed by atoms with van der Waals surface area (Å²) >= 11 is 0. The van der Waals surface area contributed by atoms with Gasteiger partial charge in [0.25, 0.3) is 12.3 Å². The molecule has 1 saturated heterocycles. The number of halogens is 2. The molecule has 1 aliphatic carbocycles. The lowest BCUT2D eigenvalue weighted by Gasteiger charge is -2.36. The highest BCUT2D eigenvalue weighted by Gasteiger charge is 2.27. The Balaban J connectivity index is 1.39. The van der Waals surface area contributed by atoms with Crippen molar-refractivity contribution >= 4 is 23.1 Å². The molecule has 3 aromatic rings. The van der Waals surface area contributed by atoms with Gasteiger partial charge in [0, 0.05) is 25.5 Å². The van der Waals surface area contributed by atoms with Crippen LogP contribution in [0.2, 0.25) is 0 Å². The van der Waals surface area contributed by atoms with E-state index in [2.05, 4.69) is 32.3 Å². The average molecular weight is 488 g/mol. The second kappa shape index (κ2) is 9.52. The van der Waals surface area contributed by atoms with Gasteiger partial charge < -0.3 is 15.0 Å². The lowest BCUT2D eigenvalue weighted by Crippen LogP contribution is -2.45. The molecule has 0 aromatic carbocycles. The Morgan fingerprint density at radius 3 is 2.54 bits per heavy atom. The zero-order valence-corrected chi connectivity index (χ0v) is 20.2. The maximum atomic E-state index is 13.8. The number of anilines is 2. The summed E-state index contributed by atoms with van der Waals surface area (Å²) in [6.45, 7) is 7.58. The number of hydrogen-bond acceptors (Lipinski definition) is 6. The van der Waals surface area contributed by atoms with Gasteiger partial charge in [0.05, 0.1) is 30.1 Å². The number of nitrogens with zero attached hydrogens (tertiary/aromatic N) is 6. The van der Waals surface area contributed by atoms with E-state index in [1.54, 1.807) is 10.9 Å². The molecule has 1 saturated carbocycles. The van der Waals surface area contributed by atoms with E-state index in [0.717, 1.165) is 25.7 Å². The van der Waals surface area contributed by atoms with Crippen LogP contribution >= 0.6 is 0 Å². The normalized spacial score (nSPS) is 25.4. The van der Waals surface area contributed by atoms with Crippen LogP contribution < -0.4 is 10.2 Å². The number of alkyl halides is 2. The van der Waals surface area contributed by atoms with Crippen molar-refractivity contribution < 1.29 is 18.3 Å². The Labute approximate surface area is 202 Å². The Bertz CT molecular complexity index is 1190. The second-order valence-electron chi connectivity index (χ2n) is 9.85. The number of ether oxygens (including phenoxy) is 1. The van der Waals surface area contributed by atoms with Gasteiger partial charge in [-0.25, -0.2) is 18.3 Å². The summed E-state index contributed by atoms with van der Waals surface area (Å²) in [6.07, 6.45) is 5.83. The van der Waals surface area contributed by atoms with Gasteiger partial charge in [-0.15, -0.1) is 0 Å². The SMILES string of the molecule is CC1CCC(n2cc(NC(=O)c3cnn4ccc(N5C[C@@H](C)O[C@@H](C)C5)nc34)c(C(F)F)n2)CC1. The monoisotopic (exact) mass is 487 g/mol. The van der Waals surface area contributed by atoms with Crippen LogP contribution in [-0.2, 0) is 4.74 Å². The van der Waals surface area contributed by atoms with Gasteiger partial charge in [-0.3, -0.25) is 9.48 Å². The van der Waals surface area contributed by atoms with Crippen molar-refractivity contribution in [1.29, 1.82) is 0 Å². The maximum absolute atomic E-state index is 13.8. The number of aromatic nitrogens is 5. The van der Waals surface area contributed by atoms with Crippen LogP contribution in [0.3, 0.4) is 0 Å². The van der Waals surface area contributed by atoms with Crippen LogP contribution in [0.4, 0.5) is 20.3 Å². The lowest BCUT2D eigenvalue weighted by atomic mass is 9.87. The van der Waals surface area contributed by atoms with Crippen molar-refractivity contribution in [3.8, 4) is 0 Å². The highest BCUT2D eigenvalue weighted by atomic mass is 19.3. The average Bonchev–Trinajstić information content (AvgIpc) is 3.43. The Hall–Kier alpha value is -3.08. The number of nitrogens with one attached hydrogen (secondary N) is 1. The molecule has 2 aliphatic rings. The molecule has 3 aromatic heterocycles. The molecular weight excluding hydrogens is 456 g/mol. The van der Waals surface area contributed by atoms with Crippen molar-refractivity contribution in [3.05, 3.63) is 35.9 Å². The summed E-state index contributed by atoms with van der Waals surface area (Å²) < 4.78 is 36.4. The van der Waals surface area contributed by atoms with Crippen molar-refractivity contribution in [2.24, 2.45) is 5.92 Å². The Morgan fingerprint density at radius 1 is 1.14 bits per heavy atom. The fraction of sp³-hybridized carbons (Fsp3) is 0.583. The van der Waals surface area contributed by atoms with Crippen molar-refractivity contribution in [3.63, 3.8) is 0 Å². The van der Waals surface area contributed by atoms with Gasteiger partial charge >= 0.3 is 0 Å². The summed E-state index contributed by atoms with van der Waals surface area (Å²) in [5.41, 5.74) is 0.174. The van der Waals surface area contributed by atoms with E-state index >= 15 is 0 Å². The predicted molar refractivity (Wildman–Crippen MR) is 127 cm³/mol. The van der Waals surface area contributed by atoms with E-state index in [-0.39, 0.29) is 29.5 Å². The molecule has 2 atom stereocenters. The molecule has 5 rings (SSSR count). The third-order valence-corrected chi connectivity index (χ3v) is 6.92. The van der Waals surface area contributed by atoms with Crippen LogP contribution in [0.25, 0.3) is 5.65 Å². The number of morpholine rings is 1. The third kappa shape index (κ3) is 4.86. The number of fused-ring (bicyclic) bond motifs is 1. The molecule has 1 amide bonds. The van der Waals surface area contributed by atoms with Crippen molar-refractivity contribution in [1.82, 2.24) is 24.4 Å². The molecule has 11 heteroatoms. The first kappa shape index (κ1) is 23.7. The van der Waals surface area contributed by atoms with Gasteiger partial charge in [0.2, 0.25) is 0 Å². The molecule has 188 valence electrons. The summed E-state index contributed by atoms with van der Waals surface area (Å²) in [7, 11) is 0. The molecule has 9 nitrogen and oxygen atoms in total. The molecule has 0 spiro atoms. The minimum atomic E-state index is -2.80. The van der Waals surface area contributed by atoms with Gasteiger partial charge in [-0.05, 0) is 51.5 Å². The second-order valence-corrected chi connectivity index (χ2v) is 9.85. The molecule has 1 N–H and O–H groups in total. The smallest absolute Gasteiger partial charge is 0.284 e. The van der Waals surface area contributed by atoms with Crippen molar-refractivity contribution in [2.75, 3.05) is 23.3 Å². The van der Waals surface area contributed by atoms with E-state index in [1.807, 2.05) is 19.9 Å². The highest BCUT2D eigenvalue weighted by molar-refractivity contribution is 6.08. The van der Waals surface area contributed by atoms with Gasteiger partial charge in [0.15, 0.2) is 11.3 Å². The van der Waals surface area contributed by atoms with Gasteiger partial charge in [-0.2, -0.15) is 10.2 Å². The quantitative estimate of drug-likeness (QED) is 0.571. The first-order valence-electron chi connectivity index (χ1n) is 12.2. The zero-order valence-electron chi connectivity index (χ0n) is 20.2. The molecular formula is C24H31F2N7O2. The Kier molecular flexibility index (Phi) is 6.43. The van der Waals surface area contributed by atoms with Crippen molar-refractivity contribution in [2.45, 2.75) is 71.1 Å². The van der Waals surface area contributed by atoms with Crippen LogP contribution in [0.15, 0.2) is 24.7 Å². The molecule has 1 aliphatic heterocycles. The van der Waals surface area contributed by atoms with E-state index in [1.165, 1.54) is 16.9 Å². The van der Waals surface area contributed by atoms with Gasteiger partial charge in [0.1, 0.15) is 11.4 Å². The largest absolute Gasteiger partial charge is 0.372 e. The molecule has 2 fully saturated rings. The Morgan fingerprint density at radius 2 is 1.86 bits per heavy atom. The number of amides is 1.